The molecule has 2 rings (SSSR count). The summed E-state index contributed by atoms with van der Waals surface area (Å²) in [7, 11) is 0. The fourth-order valence-corrected chi connectivity index (χ4v) is 1.87. The first-order chi connectivity index (χ1) is 9.56. The summed E-state index contributed by atoms with van der Waals surface area (Å²) in [5.41, 5.74) is 4.51. The Kier molecular flexibility index (Phi) is 4.37. The van der Waals surface area contributed by atoms with E-state index in [2.05, 4.69) is 26.5 Å². The SMILES string of the molecule is O=C(O)c1ccc(NN=Cc2ccc(O)c(Br)c2)cc1. The van der Waals surface area contributed by atoms with Gasteiger partial charge in [0.1, 0.15) is 5.75 Å². The van der Waals surface area contributed by atoms with Crippen LogP contribution < -0.4 is 5.43 Å². The molecule has 0 spiro atoms. The predicted octanol–water partition coefficient (Wildman–Crippen LogP) is 3.30. The van der Waals surface area contributed by atoms with Gasteiger partial charge in [-0.1, -0.05) is 0 Å². The van der Waals surface area contributed by atoms with Gasteiger partial charge in [-0.3, -0.25) is 5.43 Å². The van der Waals surface area contributed by atoms with E-state index in [1.54, 1.807) is 36.5 Å². The normalized spacial score (nSPS) is 10.7. The smallest absolute Gasteiger partial charge is 0.335 e. The molecule has 0 saturated heterocycles. The number of benzene rings is 2. The van der Waals surface area contributed by atoms with E-state index < -0.39 is 5.97 Å². The third kappa shape index (κ3) is 3.58. The highest BCUT2D eigenvalue weighted by atomic mass is 79.9. The molecule has 0 fully saturated rings. The average Bonchev–Trinajstić information content (AvgIpc) is 2.43. The van der Waals surface area contributed by atoms with Crippen LogP contribution in [0.4, 0.5) is 5.69 Å². The second kappa shape index (κ2) is 6.21. The molecule has 5 nitrogen and oxygen atoms in total. The van der Waals surface area contributed by atoms with Crippen LogP contribution in [0.25, 0.3) is 0 Å². The van der Waals surface area contributed by atoms with Gasteiger partial charge in [0.05, 0.1) is 21.9 Å². The molecular formula is C14H11BrN2O3. The van der Waals surface area contributed by atoms with Gasteiger partial charge in [0.15, 0.2) is 0 Å². The molecule has 0 heterocycles. The standard InChI is InChI=1S/C14H11BrN2O3/c15-12-7-9(1-6-13(12)18)8-16-17-11-4-2-10(3-5-11)14(19)20/h1-8,17-18H,(H,19,20). The highest BCUT2D eigenvalue weighted by Gasteiger charge is 2.01. The Morgan fingerprint density at radius 3 is 2.50 bits per heavy atom. The Bertz CT molecular complexity index is 654. The molecule has 2 aromatic carbocycles. The van der Waals surface area contributed by atoms with E-state index in [1.165, 1.54) is 12.1 Å². The Balaban J connectivity index is 2.02. The lowest BCUT2D eigenvalue weighted by atomic mass is 10.2. The zero-order valence-corrected chi connectivity index (χ0v) is 11.8. The van der Waals surface area contributed by atoms with Crippen LogP contribution in [-0.4, -0.2) is 22.4 Å². The number of phenols is 1. The maximum atomic E-state index is 10.7. The molecule has 0 saturated carbocycles. The molecule has 0 aliphatic heterocycles. The highest BCUT2D eigenvalue weighted by Crippen LogP contribution is 2.23. The number of nitrogens with one attached hydrogen (secondary N) is 1. The van der Waals surface area contributed by atoms with Crippen molar-refractivity contribution in [2.75, 3.05) is 5.43 Å². The Hall–Kier alpha value is -2.34. The zero-order chi connectivity index (χ0) is 14.5. The number of aromatic carboxylic acids is 1. The Labute approximate surface area is 123 Å². The number of hydrogen-bond acceptors (Lipinski definition) is 4. The lowest BCUT2D eigenvalue weighted by Gasteiger charge is -2.01. The molecule has 0 aliphatic carbocycles. The van der Waals surface area contributed by atoms with E-state index >= 15 is 0 Å². The molecule has 2 aromatic rings. The van der Waals surface area contributed by atoms with Crippen molar-refractivity contribution in [2.45, 2.75) is 0 Å². The maximum Gasteiger partial charge on any atom is 0.335 e. The van der Waals surface area contributed by atoms with Crippen molar-refractivity contribution in [3.63, 3.8) is 0 Å². The average molecular weight is 335 g/mol. The quantitative estimate of drug-likeness (QED) is 0.591. The molecule has 0 atom stereocenters. The number of rotatable bonds is 4. The van der Waals surface area contributed by atoms with E-state index in [9.17, 15) is 9.90 Å². The van der Waals surface area contributed by atoms with Crippen LogP contribution in [-0.2, 0) is 0 Å². The predicted molar refractivity (Wildman–Crippen MR) is 80.4 cm³/mol. The fraction of sp³-hybridized carbons (Fsp3) is 0. The maximum absolute atomic E-state index is 10.7. The van der Waals surface area contributed by atoms with Gasteiger partial charge < -0.3 is 10.2 Å². The van der Waals surface area contributed by atoms with Gasteiger partial charge >= 0.3 is 5.97 Å². The summed E-state index contributed by atoms with van der Waals surface area (Å²) in [5, 5.41) is 22.2. The second-order valence-electron chi connectivity index (χ2n) is 3.96. The van der Waals surface area contributed by atoms with Crippen molar-refractivity contribution in [3.05, 3.63) is 58.1 Å². The molecule has 0 bridgehead atoms. The van der Waals surface area contributed by atoms with Gasteiger partial charge in [0.2, 0.25) is 0 Å². The molecule has 0 aliphatic rings. The molecular weight excluding hydrogens is 324 g/mol. The van der Waals surface area contributed by atoms with Gasteiger partial charge in [-0.25, -0.2) is 4.79 Å². The minimum atomic E-state index is -0.964. The van der Waals surface area contributed by atoms with Crippen LogP contribution in [0.1, 0.15) is 15.9 Å². The fourth-order valence-electron chi connectivity index (χ4n) is 1.47. The first-order valence-electron chi connectivity index (χ1n) is 5.67. The number of halogens is 1. The minimum Gasteiger partial charge on any atom is -0.507 e. The van der Waals surface area contributed by atoms with Crippen LogP contribution in [0.5, 0.6) is 5.75 Å². The van der Waals surface area contributed by atoms with Crippen molar-refractivity contribution >= 4 is 33.8 Å². The molecule has 0 radical (unpaired) electrons. The van der Waals surface area contributed by atoms with Crippen LogP contribution in [0, 0.1) is 0 Å². The molecule has 20 heavy (non-hydrogen) atoms. The van der Waals surface area contributed by atoms with Crippen LogP contribution in [0.3, 0.4) is 0 Å². The van der Waals surface area contributed by atoms with Crippen molar-refractivity contribution in [1.29, 1.82) is 0 Å². The minimum absolute atomic E-state index is 0.166. The molecule has 3 N–H and O–H groups in total. The summed E-state index contributed by atoms with van der Waals surface area (Å²) < 4.78 is 0.590. The topological polar surface area (TPSA) is 81.9 Å². The number of phenolic OH excluding ortho intramolecular Hbond substituents is 1. The summed E-state index contributed by atoms with van der Waals surface area (Å²) in [6.45, 7) is 0. The summed E-state index contributed by atoms with van der Waals surface area (Å²) >= 11 is 3.22. The van der Waals surface area contributed by atoms with Crippen molar-refractivity contribution < 1.29 is 15.0 Å². The molecule has 0 amide bonds. The monoisotopic (exact) mass is 334 g/mol. The number of aromatic hydroxyl groups is 1. The first kappa shape index (κ1) is 14.1. The molecule has 6 heteroatoms. The zero-order valence-electron chi connectivity index (χ0n) is 10.2. The van der Waals surface area contributed by atoms with Crippen LogP contribution in [0.15, 0.2) is 52.0 Å². The van der Waals surface area contributed by atoms with Gasteiger partial charge in [0.25, 0.3) is 0 Å². The van der Waals surface area contributed by atoms with E-state index in [0.29, 0.717) is 10.2 Å². The third-order valence-electron chi connectivity index (χ3n) is 2.51. The Morgan fingerprint density at radius 2 is 1.90 bits per heavy atom. The third-order valence-corrected chi connectivity index (χ3v) is 3.15. The van der Waals surface area contributed by atoms with Gasteiger partial charge in [-0.05, 0) is 64.0 Å². The number of nitrogens with zero attached hydrogens (tertiary/aromatic N) is 1. The molecule has 102 valence electrons. The number of carbonyl (C=O) groups is 1. The van der Waals surface area contributed by atoms with Crippen molar-refractivity contribution in [3.8, 4) is 5.75 Å². The summed E-state index contributed by atoms with van der Waals surface area (Å²) in [6, 6.07) is 11.3. The molecule has 0 aromatic heterocycles. The number of hydrogen-bond donors (Lipinski definition) is 3. The molecule has 0 unspecified atom stereocenters. The number of carboxylic acids is 1. The second-order valence-corrected chi connectivity index (χ2v) is 4.82. The summed E-state index contributed by atoms with van der Waals surface area (Å²) in [6.07, 6.45) is 1.59. The van der Waals surface area contributed by atoms with E-state index in [1.807, 2.05) is 0 Å². The number of hydrazone groups is 1. The van der Waals surface area contributed by atoms with Crippen LogP contribution >= 0.6 is 15.9 Å². The van der Waals surface area contributed by atoms with Crippen molar-refractivity contribution in [1.82, 2.24) is 0 Å². The van der Waals surface area contributed by atoms with E-state index in [-0.39, 0.29) is 11.3 Å². The lowest BCUT2D eigenvalue weighted by molar-refractivity contribution is 0.0697. The van der Waals surface area contributed by atoms with E-state index in [4.69, 9.17) is 5.11 Å². The van der Waals surface area contributed by atoms with Gasteiger partial charge in [0, 0.05) is 0 Å². The summed E-state index contributed by atoms with van der Waals surface area (Å²) in [5.74, 6) is -0.798. The van der Waals surface area contributed by atoms with Crippen molar-refractivity contribution in [2.24, 2.45) is 5.10 Å². The number of anilines is 1. The van der Waals surface area contributed by atoms with E-state index in [0.717, 1.165) is 5.56 Å². The first-order valence-corrected chi connectivity index (χ1v) is 6.46. The number of carboxylic acid groups (broad SMARTS) is 1. The summed E-state index contributed by atoms with van der Waals surface area (Å²) in [4.78, 5) is 10.7. The largest absolute Gasteiger partial charge is 0.507 e. The van der Waals surface area contributed by atoms with Crippen LogP contribution in [0.2, 0.25) is 0 Å². The highest BCUT2D eigenvalue weighted by molar-refractivity contribution is 9.10. The van der Waals surface area contributed by atoms with Gasteiger partial charge in [-0.2, -0.15) is 5.10 Å². The van der Waals surface area contributed by atoms with Gasteiger partial charge in [-0.15, -0.1) is 0 Å². The Morgan fingerprint density at radius 1 is 1.20 bits per heavy atom. The lowest BCUT2D eigenvalue weighted by Crippen LogP contribution is -1.96.